The van der Waals surface area contributed by atoms with Gasteiger partial charge in [-0.05, 0) is 55.7 Å². The number of benzene rings is 2. The average Bonchev–Trinajstić information content (AvgIpc) is 2.83. The Morgan fingerprint density at radius 2 is 1.89 bits per heavy atom. The first-order chi connectivity index (χ1) is 16.9. The number of hydrogen-bond acceptors (Lipinski definition) is 6. The van der Waals surface area contributed by atoms with E-state index in [1.807, 2.05) is 38.8 Å². The summed E-state index contributed by atoms with van der Waals surface area (Å²) in [6, 6.07) is 6.07. The van der Waals surface area contributed by atoms with Crippen molar-refractivity contribution in [1.82, 2.24) is 14.9 Å². The average molecular weight is 512 g/mol. The molecular formula is C27H31ClFN5O2. The van der Waals surface area contributed by atoms with Crippen LogP contribution in [0.2, 0.25) is 5.02 Å². The molecule has 0 radical (unpaired) electrons. The number of amides is 1. The van der Waals surface area contributed by atoms with Crippen LogP contribution in [0.1, 0.15) is 46.9 Å². The maximum absolute atomic E-state index is 15.0. The minimum atomic E-state index is -0.623. The summed E-state index contributed by atoms with van der Waals surface area (Å²) in [5.74, 6) is 0.453. The molecule has 0 aliphatic carbocycles. The largest absolute Gasteiger partial charge is 0.496 e. The Balaban J connectivity index is 2.18. The molecule has 9 heteroatoms. The first-order valence-corrected chi connectivity index (χ1v) is 11.7. The molecule has 36 heavy (non-hydrogen) atoms. The summed E-state index contributed by atoms with van der Waals surface area (Å²) in [6.45, 7) is 9.69. The van der Waals surface area contributed by atoms with Crippen LogP contribution in [0.25, 0.3) is 16.7 Å². The highest BCUT2D eigenvalue weighted by Gasteiger charge is 2.26. The van der Waals surface area contributed by atoms with Crippen LogP contribution in [0, 0.1) is 12.7 Å². The second kappa shape index (κ2) is 10.5. The van der Waals surface area contributed by atoms with Crippen LogP contribution in [0.5, 0.6) is 5.75 Å². The quantitative estimate of drug-likeness (QED) is 0.433. The maximum atomic E-state index is 15.0. The van der Waals surface area contributed by atoms with E-state index in [1.165, 1.54) is 23.4 Å². The molecular weight excluding hydrogens is 481 g/mol. The monoisotopic (exact) mass is 511 g/mol. The van der Waals surface area contributed by atoms with E-state index in [-0.39, 0.29) is 11.6 Å². The zero-order chi connectivity index (χ0) is 26.9. The first kappa shape index (κ1) is 26.9. The highest BCUT2D eigenvalue weighted by molar-refractivity contribution is 6.32. The highest BCUT2D eigenvalue weighted by Crippen LogP contribution is 2.44. The number of nitrogen functional groups attached to an aromatic ring is 1. The highest BCUT2D eigenvalue weighted by atomic mass is 35.5. The molecule has 7 nitrogen and oxygen atoms in total. The predicted octanol–water partition coefficient (Wildman–Crippen LogP) is 5.77. The van der Waals surface area contributed by atoms with Crippen molar-refractivity contribution < 1.29 is 13.9 Å². The molecule has 0 saturated carbocycles. The summed E-state index contributed by atoms with van der Waals surface area (Å²) in [6.07, 6.45) is 1.41. The summed E-state index contributed by atoms with van der Waals surface area (Å²) in [5, 5.41) is 0.497. The number of halogens is 2. The van der Waals surface area contributed by atoms with Gasteiger partial charge in [0.1, 0.15) is 29.5 Å². The van der Waals surface area contributed by atoms with Gasteiger partial charge in [0.2, 0.25) is 0 Å². The third-order valence-corrected chi connectivity index (χ3v) is 6.64. The number of ether oxygens (including phenoxy) is 1. The molecule has 0 saturated heterocycles. The Morgan fingerprint density at radius 1 is 1.22 bits per heavy atom. The fourth-order valence-corrected chi connectivity index (χ4v) is 4.38. The summed E-state index contributed by atoms with van der Waals surface area (Å²) in [5.41, 5.74) is 10.2. The lowest BCUT2D eigenvalue weighted by molar-refractivity contribution is 0.0823. The van der Waals surface area contributed by atoms with E-state index in [9.17, 15) is 4.79 Å². The number of methoxy groups -OCH3 is 1. The van der Waals surface area contributed by atoms with Gasteiger partial charge in [-0.2, -0.15) is 0 Å². The normalized spacial score (nSPS) is 11.7. The topological polar surface area (TPSA) is 84.6 Å². The van der Waals surface area contributed by atoms with Gasteiger partial charge in [-0.15, -0.1) is 0 Å². The van der Waals surface area contributed by atoms with Gasteiger partial charge in [-0.25, -0.2) is 14.4 Å². The second-order valence-electron chi connectivity index (χ2n) is 8.90. The molecule has 0 spiro atoms. The van der Waals surface area contributed by atoms with Gasteiger partial charge in [0.15, 0.2) is 0 Å². The van der Waals surface area contributed by atoms with Crippen molar-refractivity contribution in [2.24, 2.45) is 0 Å². The Hall–Kier alpha value is -3.65. The lowest BCUT2D eigenvalue weighted by Crippen LogP contribution is -2.25. The third kappa shape index (κ3) is 4.86. The van der Waals surface area contributed by atoms with E-state index in [2.05, 4.69) is 16.5 Å². The summed E-state index contributed by atoms with van der Waals surface area (Å²) >= 11 is 6.67. The lowest BCUT2D eigenvalue weighted by atomic mass is 9.92. The molecule has 0 aliphatic heterocycles. The first-order valence-electron chi connectivity index (χ1n) is 11.3. The number of allylic oxidation sites excluding steroid dienone is 1. The van der Waals surface area contributed by atoms with Crippen molar-refractivity contribution in [2.45, 2.75) is 26.8 Å². The number of carbonyl (C=O) groups excluding carboxylic acids is 1. The minimum Gasteiger partial charge on any atom is -0.496 e. The van der Waals surface area contributed by atoms with Gasteiger partial charge in [-0.1, -0.05) is 24.2 Å². The van der Waals surface area contributed by atoms with Crippen molar-refractivity contribution in [3.8, 4) is 16.9 Å². The van der Waals surface area contributed by atoms with Crippen molar-refractivity contribution in [2.75, 3.05) is 38.9 Å². The summed E-state index contributed by atoms with van der Waals surface area (Å²) in [4.78, 5) is 24.1. The minimum absolute atomic E-state index is 0.00982. The van der Waals surface area contributed by atoms with Crippen LogP contribution in [-0.4, -0.2) is 49.0 Å². The van der Waals surface area contributed by atoms with Gasteiger partial charge in [0, 0.05) is 37.3 Å². The number of anilines is 2. The van der Waals surface area contributed by atoms with E-state index in [1.54, 1.807) is 27.3 Å². The number of nitrogens with two attached hydrogens (primary N) is 1. The van der Waals surface area contributed by atoms with Crippen LogP contribution in [0.15, 0.2) is 37.2 Å². The molecule has 1 unspecified atom stereocenters. The third-order valence-electron chi connectivity index (χ3n) is 6.25. The number of hydrogen-bond donors (Lipinski definition) is 1. The zero-order valence-electron chi connectivity index (χ0n) is 21.6. The molecule has 2 aromatic carbocycles. The van der Waals surface area contributed by atoms with Crippen LogP contribution in [0.3, 0.4) is 0 Å². The Labute approximate surface area is 216 Å². The SMILES string of the molecule is C=C(C)c1c(N)ncnc1N(C)C(C)c1cc(Cl)c(C)c(-c2ccc(C(=O)N(C)C)c(F)c2)c1OC. The molecule has 1 heterocycles. The van der Waals surface area contributed by atoms with Gasteiger partial charge in [0.25, 0.3) is 5.91 Å². The molecule has 190 valence electrons. The smallest absolute Gasteiger partial charge is 0.256 e. The van der Waals surface area contributed by atoms with Gasteiger partial charge in [-0.3, -0.25) is 4.79 Å². The van der Waals surface area contributed by atoms with Crippen LogP contribution >= 0.6 is 11.6 Å². The lowest BCUT2D eigenvalue weighted by Gasteiger charge is -2.31. The molecule has 1 aromatic heterocycles. The van der Waals surface area contributed by atoms with E-state index < -0.39 is 11.7 Å². The van der Waals surface area contributed by atoms with Crippen molar-refractivity contribution >= 4 is 34.7 Å². The Kier molecular flexibility index (Phi) is 7.89. The second-order valence-corrected chi connectivity index (χ2v) is 9.31. The van der Waals surface area contributed by atoms with Gasteiger partial charge >= 0.3 is 0 Å². The van der Waals surface area contributed by atoms with E-state index in [0.717, 1.165) is 16.7 Å². The van der Waals surface area contributed by atoms with Gasteiger partial charge < -0.3 is 20.3 Å². The molecule has 1 atom stereocenters. The summed E-state index contributed by atoms with van der Waals surface area (Å²) in [7, 11) is 6.60. The van der Waals surface area contributed by atoms with E-state index >= 15 is 4.39 Å². The standard InChI is InChI=1S/C27H31ClFN5O2/c1-14(2)22-25(30)31-13-32-26(22)34(7)16(4)19-12-20(28)15(3)23(24(19)36-8)17-9-10-18(21(29)11-17)27(35)33(5)6/h9-13,16H,1H2,2-8H3,(H2,30,31,32). The maximum Gasteiger partial charge on any atom is 0.256 e. The Bertz CT molecular complexity index is 1340. The molecule has 2 N–H and O–H groups in total. The fourth-order valence-electron chi connectivity index (χ4n) is 4.17. The molecule has 0 fully saturated rings. The number of rotatable bonds is 7. The van der Waals surface area contributed by atoms with Crippen molar-refractivity contribution in [1.29, 1.82) is 0 Å². The molecule has 0 aliphatic rings. The number of nitrogens with zero attached hydrogens (tertiary/aromatic N) is 4. The molecule has 0 bridgehead atoms. The van der Waals surface area contributed by atoms with E-state index in [0.29, 0.717) is 39.1 Å². The van der Waals surface area contributed by atoms with E-state index in [4.69, 9.17) is 22.1 Å². The van der Waals surface area contributed by atoms with Crippen molar-refractivity contribution in [3.63, 3.8) is 0 Å². The zero-order valence-corrected chi connectivity index (χ0v) is 22.4. The summed E-state index contributed by atoms with van der Waals surface area (Å²) < 4.78 is 20.9. The Morgan fingerprint density at radius 3 is 2.44 bits per heavy atom. The number of aromatic nitrogens is 2. The number of carbonyl (C=O) groups is 1. The van der Waals surface area contributed by atoms with Crippen LogP contribution in [0.4, 0.5) is 16.0 Å². The van der Waals surface area contributed by atoms with Gasteiger partial charge in [0.05, 0.1) is 24.3 Å². The fraction of sp³-hybridized carbons (Fsp3) is 0.296. The van der Waals surface area contributed by atoms with Crippen LogP contribution in [-0.2, 0) is 0 Å². The predicted molar refractivity (Wildman–Crippen MR) is 144 cm³/mol. The molecule has 3 aromatic rings. The molecule has 3 rings (SSSR count). The van der Waals surface area contributed by atoms with Crippen molar-refractivity contribution in [3.05, 3.63) is 70.3 Å². The molecule has 1 amide bonds. The van der Waals surface area contributed by atoms with Crippen LogP contribution < -0.4 is 15.4 Å².